The van der Waals surface area contributed by atoms with Gasteiger partial charge in [-0.15, -0.1) is 0 Å². The number of urea groups is 1. The lowest BCUT2D eigenvalue weighted by Gasteiger charge is -2.39. The lowest BCUT2D eigenvalue weighted by molar-refractivity contribution is -0.138. The van der Waals surface area contributed by atoms with Gasteiger partial charge in [0, 0.05) is 25.2 Å². The molecule has 1 N–H and O–H groups in total. The standard InChI is InChI=1S/C16H28N2O3/c1-12(2)8-10-18(13-6-7-13)16(21)17-9-4-3-5-14(17)11-15(19)20/h12-14H,3-11H2,1-2H3,(H,19,20). The molecule has 1 saturated heterocycles. The largest absolute Gasteiger partial charge is 0.481 e. The first-order valence-electron chi connectivity index (χ1n) is 8.28. The lowest BCUT2D eigenvalue weighted by Crippen LogP contribution is -2.52. The van der Waals surface area contributed by atoms with E-state index in [1.165, 1.54) is 0 Å². The van der Waals surface area contributed by atoms with Gasteiger partial charge in [-0.2, -0.15) is 0 Å². The Labute approximate surface area is 127 Å². The van der Waals surface area contributed by atoms with Crippen LogP contribution in [0.4, 0.5) is 4.79 Å². The summed E-state index contributed by atoms with van der Waals surface area (Å²) in [6.45, 7) is 5.85. The Hall–Kier alpha value is -1.26. The highest BCUT2D eigenvalue weighted by atomic mass is 16.4. The van der Waals surface area contributed by atoms with E-state index >= 15 is 0 Å². The second-order valence-corrected chi connectivity index (χ2v) is 6.83. The first-order valence-corrected chi connectivity index (χ1v) is 8.28. The van der Waals surface area contributed by atoms with E-state index in [2.05, 4.69) is 13.8 Å². The summed E-state index contributed by atoms with van der Waals surface area (Å²) in [5.74, 6) is -0.227. The van der Waals surface area contributed by atoms with Gasteiger partial charge in [0.05, 0.1) is 6.42 Å². The van der Waals surface area contributed by atoms with Crippen molar-refractivity contribution in [3.8, 4) is 0 Å². The quantitative estimate of drug-likeness (QED) is 0.819. The number of likely N-dealkylation sites (tertiary alicyclic amines) is 1. The van der Waals surface area contributed by atoms with Crippen LogP contribution in [0.1, 0.15) is 58.8 Å². The third-order valence-corrected chi connectivity index (χ3v) is 4.46. The van der Waals surface area contributed by atoms with Gasteiger partial charge in [-0.05, 0) is 44.4 Å². The Morgan fingerprint density at radius 2 is 1.95 bits per heavy atom. The Morgan fingerprint density at radius 3 is 2.52 bits per heavy atom. The van der Waals surface area contributed by atoms with Crippen LogP contribution in [0, 0.1) is 5.92 Å². The molecule has 1 saturated carbocycles. The van der Waals surface area contributed by atoms with Crippen molar-refractivity contribution >= 4 is 12.0 Å². The summed E-state index contributed by atoms with van der Waals surface area (Å²) in [5, 5.41) is 9.05. The molecule has 21 heavy (non-hydrogen) atoms. The van der Waals surface area contributed by atoms with Crippen molar-refractivity contribution in [1.29, 1.82) is 0 Å². The lowest BCUT2D eigenvalue weighted by atomic mass is 9.99. The number of carboxylic acids is 1. The molecule has 0 aromatic rings. The molecule has 1 aliphatic carbocycles. The molecule has 5 nitrogen and oxygen atoms in total. The summed E-state index contributed by atoms with van der Waals surface area (Å²) >= 11 is 0. The molecule has 2 amide bonds. The van der Waals surface area contributed by atoms with Crippen molar-refractivity contribution in [1.82, 2.24) is 9.80 Å². The number of hydrogen-bond acceptors (Lipinski definition) is 2. The van der Waals surface area contributed by atoms with Crippen LogP contribution in [0.2, 0.25) is 0 Å². The molecule has 2 rings (SSSR count). The highest BCUT2D eigenvalue weighted by Gasteiger charge is 2.37. The first-order chi connectivity index (χ1) is 9.99. The fourth-order valence-electron chi connectivity index (χ4n) is 3.05. The van der Waals surface area contributed by atoms with Gasteiger partial charge < -0.3 is 14.9 Å². The second-order valence-electron chi connectivity index (χ2n) is 6.83. The zero-order chi connectivity index (χ0) is 15.4. The van der Waals surface area contributed by atoms with E-state index in [1.54, 1.807) is 0 Å². The van der Waals surface area contributed by atoms with Gasteiger partial charge in [-0.25, -0.2) is 4.79 Å². The fourth-order valence-corrected chi connectivity index (χ4v) is 3.05. The van der Waals surface area contributed by atoms with E-state index in [1.807, 2.05) is 9.80 Å². The van der Waals surface area contributed by atoms with Crippen LogP contribution < -0.4 is 0 Å². The summed E-state index contributed by atoms with van der Waals surface area (Å²) in [4.78, 5) is 27.7. The topological polar surface area (TPSA) is 60.9 Å². The van der Waals surface area contributed by atoms with Crippen molar-refractivity contribution in [2.75, 3.05) is 13.1 Å². The molecular formula is C16H28N2O3. The molecule has 0 aromatic heterocycles. The molecule has 1 unspecified atom stereocenters. The average molecular weight is 296 g/mol. The number of aliphatic carboxylic acids is 1. The Kier molecular flexibility index (Phi) is 5.48. The minimum Gasteiger partial charge on any atom is -0.481 e. The van der Waals surface area contributed by atoms with Gasteiger partial charge >= 0.3 is 12.0 Å². The number of piperidine rings is 1. The Morgan fingerprint density at radius 1 is 1.24 bits per heavy atom. The number of hydrogen-bond donors (Lipinski definition) is 1. The number of carbonyl (C=O) groups excluding carboxylic acids is 1. The van der Waals surface area contributed by atoms with Crippen molar-refractivity contribution in [2.45, 2.75) is 70.9 Å². The van der Waals surface area contributed by atoms with E-state index in [0.717, 1.165) is 45.1 Å². The van der Waals surface area contributed by atoms with E-state index in [9.17, 15) is 9.59 Å². The molecule has 0 spiro atoms. The third-order valence-electron chi connectivity index (χ3n) is 4.46. The van der Waals surface area contributed by atoms with Gasteiger partial charge in [0.25, 0.3) is 0 Å². The summed E-state index contributed by atoms with van der Waals surface area (Å²) in [6, 6.07) is 0.344. The number of carbonyl (C=O) groups is 2. The zero-order valence-corrected chi connectivity index (χ0v) is 13.3. The predicted molar refractivity (Wildman–Crippen MR) is 81.2 cm³/mol. The molecule has 1 aliphatic heterocycles. The molecule has 0 aromatic carbocycles. The summed E-state index contributed by atoms with van der Waals surface area (Å²) < 4.78 is 0. The highest BCUT2D eigenvalue weighted by Crippen LogP contribution is 2.30. The highest BCUT2D eigenvalue weighted by molar-refractivity contribution is 5.77. The molecular weight excluding hydrogens is 268 g/mol. The number of amides is 2. The fraction of sp³-hybridized carbons (Fsp3) is 0.875. The van der Waals surface area contributed by atoms with Crippen molar-refractivity contribution < 1.29 is 14.7 Å². The second kappa shape index (κ2) is 7.14. The molecule has 2 aliphatic rings. The van der Waals surface area contributed by atoms with Crippen molar-refractivity contribution in [2.24, 2.45) is 5.92 Å². The van der Waals surface area contributed by atoms with Crippen molar-refractivity contribution in [3.05, 3.63) is 0 Å². The Balaban J connectivity index is 2.00. The van der Waals surface area contributed by atoms with Crippen LogP contribution in [0.15, 0.2) is 0 Å². The predicted octanol–water partition coefficient (Wildman–Crippen LogP) is 2.95. The maximum Gasteiger partial charge on any atom is 0.320 e. The van der Waals surface area contributed by atoms with Crippen LogP contribution in [0.5, 0.6) is 0 Å². The molecule has 5 heteroatoms. The van der Waals surface area contributed by atoms with Gasteiger partial charge in [0.15, 0.2) is 0 Å². The summed E-state index contributed by atoms with van der Waals surface area (Å²) in [7, 11) is 0. The molecule has 0 radical (unpaired) electrons. The van der Waals surface area contributed by atoms with E-state index in [4.69, 9.17) is 5.11 Å². The van der Waals surface area contributed by atoms with E-state index in [-0.39, 0.29) is 18.5 Å². The van der Waals surface area contributed by atoms with Gasteiger partial charge in [-0.3, -0.25) is 4.79 Å². The smallest absolute Gasteiger partial charge is 0.320 e. The van der Waals surface area contributed by atoms with E-state index in [0.29, 0.717) is 18.5 Å². The SMILES string of the molecule is CC(C)CCN(C(=O)N1CCCCC1CC(=O)O)C1CC1. The molecule has 120 valence electrons. The van der Waals surface area contributed by atoms with Crippen LogP contribution in [0.25, 0.3) is 0 Å². The Bertz CT molecular complexity index is 380. The van der Waals surface area contributed by atoms with E-state index < -0.39 is 5.97 Å². The number of rotatable bonds is 6. The average Bonchev–Trinajstić information content (AvgIpc) is 3.23. The summed E-state index contributed by atoms with van der Waals surface area (Å²) in [5.41, 5.74) is 0. The zero-order valence-electron chi connectivity index (χ0n) is 13.3. The normalized spacial score (nSPS) is 22.4. The maximum atomic E-state index is 12.8. The molecule has 2 fully saturated rings. The number of carboxylic acid groups (broad SMARTS) is 1. The third kappa shape index (κ3) is 4.61. The van der Waals surface area contributed by atoms with Crippen LogP contribution in [0.3, 0.4) is 0 Å². The minimum absolute atomic E-state index is 0.0732. The molecule has 1 heterocycles. The molecule has 1 atom stereocenters. The first kappa shape index (κ1) is 16.1. The monoisotopic (exact) mass is 296 g/mol. The summed E-state index contributed by atoms with van der Waals surface area (Å²) in [6.07, 6.45) is 6.12. The van der Waals surface area contributed by atoms with Gasteiger partial charge in [-0.1, -0.05) is 13.8 Å². The van der Waals surface area contributed by atoms with Gasteiger partial charge in [0.1, 0.15) is 0 Å². The van der Waals surface area contributed by atoms with Crippen LogP contribution in [-0.4, -0.2) is 52.1 Å². The number of nitrogens with zero attached hydrogens (tertiary/aromatic N) is 2. The van der Waals surface area contributed by atoms with Crippen LogP contribution in [-0.2, 0) is 4.79 Å². The van der Waals surface area contributed by atoms with Crippen molar-refractivity contribution in [3.63, 3.8) is 0 Å². The molecule has 0 bridgehead atoms. The van der Waals surface area contributed by atoms with Gasteiger partial charge in [0.2, 0.25) is 0 Å². The minimum atomic E-state index is -0.806. The maximum absolute atomic E-state index is 12.8. The van der Waals surface area contributed by atoms with Crippen LogP contribution >= 0.6 is 0 Å².